The fraction of sp³-hybridized carbons (Fsp3) is 0.417. The van der Waals surface area contributed by atoms with Crippen molar-refractivity contribution in [2.45, 2.75) is 13.0 Å². The highest BCUT2D eigenvalue weighted by atomic mass is 79.9. The van der Waals surface area contributed by atoms with Crippen molar-refractivity contribution >= 4 is 27.5 Å². The molecular weight excluding hydrogens is 284 g/mol. The van der Waals surface area contributed by atoms with E-state index in [1.54, 1.807) is 11.9 Å². The summed E-state index contributed by atoms with van der Waals surface area (Å²) in [5.74, 6) is -0.0918. The minimum Gasteiger partial charge on any atom is -0.395 e. The summed E-state index contributed by atoms with van der Waals surface area (Å²) in [5.41, 5.74) is 0.759. The van der Waals surface area contributed by atoms with Crippen molar-refractivity contribution in [2.24, 2.45) is 0 Å². The minimum atomic E-state index is -0.0918. The zero-order valence-electron chi connectivity index (χ0n) is 9.98. The van der Waals surface area contributed by atoms with Crippen LogP contribution in [0.4, 0.5) is 5.69 Å². The highest BCUT2D eigenvalue weighted by Gasteiger charge is 2.12. The Kier molecular flexibility index (Phi) is 5.61. The topological polar surface area (TPSA) is 52.6 Å². The van der Waals surface area contributed by atoms with E-state index in [-0.39, 0.29) is 25.1 Å². The van der Waals surface area contributed by atoms with Crippen molar-refractivity contribution in [2.75, 3.05) is 25.5 Å². The number of nitrogens with one attached hydrogen (secondary N) is 1. The Bertz CT molecular complexity index is 385. The number of halogens is 1. The fourth-order valence-electron chi connectivity index (χ4n) is 1.29. The molecule has 0 spiro atoms. The number of hydrogen-bond acceptors (Lipinski definition) is 3. The van der Waals surface area contributed by atoms with Crippen molar-refractivity contribution in [1.82, 2.24) is 4.90 Å². The van der Waals surface area contributed by atoms with Crippen LogP contribution in [0.25, 0.3) is 0 Å². The third kappa shape index (κ3) is 4.85. The third-order valence-electron chi connectivity index (χ3n) is 2.52. The highest BCUT2D eigenvalue weighted by molar-refractivity contribution is 9.10. The summed E-state index contributed by atoms with van der Waals surface area (Å²) in [6, 6.07) is 7.41. The molecule has 0 heterocycles. The van der Waals surface area contributed by atoms with Gasteiger partial charge in [0.05, 0.1) is 13.2 Å². The molecule has 1 aromatic carbocycles. The molecule has 0 saturated carbocycles. The van der Waals surface area contributed by atoms with Gasteiger partial charge < -0.3 is 10.4 Å². The molecule has 0 aliphatic heterocycles. The van der Waals surface area contributed by atoms with Crippen LogP contribution in [0.15, 0.2) is 28.7 Å². The summed E-state index contributed by atoms with van der Waals surface area (Å²) in [7, 11) is 1.81. The summed E-state index contributed by atoms with van der Waals surface area (Å²) in [6.07, 6.45) is 0. The first kappa shape index (κ1) is 14.2. The molecule has 0 aliphatic rings. The number of hydrogen-bond donors (Lipinski definition) is 2. The van der Waals surface area contributed by atoms with Crippen LogP contribution in [0.1, 0.15) is 6.92 Å². The second kappa shape index (κ2) is 6.74. The molecule has 4 nitrogen and oxygen atoms in total. The van der Waals surface area contributed by atoms with E-state index < -0.39 is 0 Å². The second-order valence-corrected chi connectivity index (χ2v) is 4.92. The van der Waals surface area contributed by atoms with Gasteiger partial charge in [0.25, 0.3) is 0 Å². The van der Waals surface area contributed by atoms with Crippen molar-refractivity contribution in [3.8, 4) is 0 Å². The van der Waals surface area contributed by atoms with E-state index in [9.17, 15) is 4.79 Å². The van der Waals surface area contributed by atoms with Gasteiger partial charge in [0.15, 0.2) is 0 Å². The number of nitrogens with zero attached hydrogens (tertiary/aromatic N) is 1. The van der Waals surface area contributed by atoms with Gasteiger partial charge in [-0.3, -0.25) is 9.69 Å². The molecule has 1 unspecified atom stereocenters. The van der Waals surface area contributed by atoms with Crippen LogP contribution in [-0.4, -0.2) is 42.2 Å². The zero-order chi connectivity index (χ0) is 12.8. The second-order valence-electron chi connectivity index (χ2n) is 4.01. The maximum absolute atomic E-state index is 11.7. The first-order valence-electron chi connectivity index (χ1n) is 5.39. The van der Waals surface area contributed by atoms with Gasteiger partial charge >= 0.3 is 0 Å². The number of aliphatic hydroxyl groups excluding tert-OH is 1. The number of benzene rings is 1. The number of aliphatic hydroxyl groups is 1. The highest BCUT2D eigenvalue weighted by Crippen LogP contribution is 2.15. The van der Waals surface area contributed by atoms with E-state index in [0.29, 0.717) is 0 Å². The number of carbonyl (C=O) groups excluding carboxylic acids is 1. The lowest BCUT2D eigenvalue weighted by Crippen LogP contribution is -2.38. The van der Waals surface area contributed by atoms with E-state index in [4.69, 9.17) is 5.11 Å². The minimum absolute atomic E-state index is 0.0248. The molecule has 0 saturated heterocycles. The Morgan fingerprint density at radius 3 is 2.88 bits per heavy atom. The average molecular weight is 301 g/mol. The van der Waals surface area contributed by atoms with Crippen molar-refractivity contribution in [1.29, 1.82) is 0 Å². The standard InChI is InChI=1S/C12H17BrN2O2/c1-9(8-16)15(2)7-12(17)14-11-5-3-4-10(13)6-11/h3-6,9,16H,7-8H2,1-2H3,(H,14,17). The Labute approximate surface area is 110 Å². The first-order valence-corrected chi connectivity index (χ1v) is 6.18. The predicted molar refractivity (Wildman–Crippen MR) is 71.9 cm³/mol. The molecule has 0 radical (unpaired) electrons. The summed E-state index contributed by atoms with van der Waals surface area (Å²) in [4.78, 5) is 13.5. The van der Waals surface area contributed by atoms with E-state index in [0.717, 1.165) is 10.2 Å². The van der Waals surface area contributed by atoms with Gasteiger partial charge in [0.2, 0.25) is 5.91 Å². The van der Waals surface area contributed by atoms with E-state index in [1.165, 1.54) is 0 Å². The lowest BCUT2D eigenvalue weighted by molar-refractivity contribution is -0.117. The number of rotatable bonds is 5. The molecule has 1 aromatic rings. The molecule has 1 atom stereocenters. The monoisotopic (exact) mass is 300 g/mol. The molecule has 1 rings (SSSR count). The molecule has 0 bridgehead atoms. The number of carbonyl (C=O) groups is 1. The third-order valence-corrected chi connectivity index (χ3v) is 3.01. The lowest BCUT2D eigenvalue weighted by atomic mass is 10.3. The van der Waals surface area contributed by atoms with Crippen molar-refractivity contribution in [3.05, 3.63) is 28.7 Å². The molecular formula is C12H17BrN2O2. The SMILES string of the molecule is CC(CO)N(C)CC(=O)Nc1cccc(Br)c1. The quantitative estimate of drug-likeness (QED) is 0.870. The van der Waals surface area contributed by atoms with Gasteiger partial charge in [-0.15, -0.1) is 0 Å². The molecule has 0 aromatic heterocycles. The smallest absolute Gasteiger partial charge is 0.238 e. The first-order chi connectivity index (χ1) is 8.02. The van der Waals surface area contributed by atoms with Crippen LogP contribution in [0.3, 0.4) is 0 Å². The molecule has 5 heteroatoms. The van der Waals surface area contributed by atoms with Crippen LogP contribution in [0.5, 0.6) is 0 Å². The molecule has 1 amide bonds. The van der Waals surface area contributed by atoms with E-state index in [2.05, 4.69) is 21.2 Å². The summed E-state index contributed by atoms with van der Waals surface area (Å²) in [6.45, 7) is 2.17. The molecule has 94 valence electrons. The summed E-state index contributed by atoms with van der Waals surface area (Å²) < 4.78 is 0.924. The van der Waals surface area contributed by atoms with Crippen LogP contribution in [0.2, 0.25) is 0 Å². The summed E-state index contributed by atoms with van der Waals surface area (Å²) >= 11 is 3.34. The molecule has 0 aliphatic carbocycles. The van der Waals surface area contributed by atoms with E-state index >= 15 is 0 Å². The van der Waals surface area contributed by atoms with Gasteiger partial charge in [-0.25, -0.2) is 0 Å². The van der Waals surface area contributed by atoms with Crippen LogP contribution in [0, 0.1) is 0 Å². The molecule has 2 N–H and O–H groups in total. The lowest BCUT2D eigenvalue weighted by Gasteiger charge is -2.21. The zero-order valence-corrected chi connectivity index (χ0v) is 11.6. The Morgan fingerprint density at radius 1 is 1.59 bits per heavy atom. The summed E-state index contributed by atoms with van der Waals surface area (Å²) in [5, 5.41) is 11.8. The van der Waals surface area contributed by atoms with Crippen LogP contribution < -0.4 is 5.32 Å². The number of likely N-dealkylation sites (N-methyl/N-ethyl adjacent to an activating group) is 1. The van der Waals surface area contributed by atoms with Gasteiger partial charge in [-0.1, -0.05) is 22.0 Å². The normalized spacial score (nSPS) is 12.5. The predicted octanol–water partition coefficient (Wildman–Crippen LogP) is 1.70. The number of anilines is 1. The Morgan fingerprint density at radius 2 is 2.29 bits per heavy atom. The largest absolute Gasteiger partial charge is 0.395 e. The van der Waals surface area contributed by atoms with Gasteiger partial charge in [-0.2, -0.15) is 0 Å². The van der Waals surface area contributed by atoms with Gasteiger partial charge in [-0.05, 0) is 32.2 Å². The van der Waals surface area contributed by atoms with Crippen molar-refractivity contribution < 1.29 is 9.90 Å². The molecule has 17 heavy (non-hydrogen) atoms. The average Bonchev–Trinajstić information content (AvgIpc) is 2.27. The maximum atomic E-state index is 11.7. The number of amides is 1. The van der Waals surface area contributed by atoms with Crippen molar-refractivity contribution in [3.63, 3.8) is 0 Å². The van der Waals surface area contributed by atoms with E-state index in [1.807, 2.05) is 31.2 Å². The van der Waals surface area contributed by atoms with Crippen LogP contribution >= 0.6 is 15.9 Å². The maximum Gasteiger partial charge on any atom is 0.238 e. The Balaban J connectivity index is 2.50. The van der Waals surface area contributed by atoms with Crippen LogP contribution in [-0.2, 0) is 4.79 Å². The van der Waals surface area contributed by atoms with Gasteiger partial charge in [0, 0.05) is 16.2 Å². The Hall–Kier alpha value is -0.910. The molecule has 0 fully saturated rings. The van der Waals surface area contributed by atoms with Gasteiger partial charge in [0.1, 0.15) is 0 Å². The fourth-order valence-corrected chi connectivity index (χ4v) is 1.69.